The van der Waals surface area contributed by atoms with E-state index >= 15 is 0 Å². The smallest absolute Gasteiger partial charge is 0.454 e. The number of nitrogens with zero attached hydrogens (tertiary/aromatic N) is 1. The van der Waals surface area contributed by atoms with Crippen molar-refractivity contribution in [1.29, 1.82) is 0 Å². The molecule has 3 aromatic rings. The predicted molar refractivity (Wildman–Crippen MR) is 124 cm³/mol. The maximum Gasteiger partial charge on any atom is 0.490 e. The summed E-state index contributed by atoms with van der Waals surface area (Å²) in [6, 6.07) is 24.2. The second-order valence-corrected chi connectivity index (χ2v) is 10.6. The van der Waals surface area contributed by atoms with E-state index in [1.807, 2.05) is 6.92 Å². The number of hydrogen-bond acceptors (Lipinski definition) is 4. The summed E-state index contributed by atoms with van der Waals surface area (Å²) in [7, 11) is -4.11. The van der Waals surface area contributed by atoms with Crippen molar-refractivity contribution in [2.45, 2.75) is 35.9 Å². The number of hydrogen-bond donors (Lipinski definition) is 0. The lowest BCUT2D eigenvalue weighted by Gasteiger charge is -2.46. The van der Waals surface area contributed by atoms with Crippen molar-refractivity contribution < 1.29 is 31.1 Å². The van der Waals surface area contributed by atoms with Crippen LogP contribution in [-0.4, -0.2) is 44.1 Å². The number of rotatable bonds is 5. The predicted octanol–water partition coefficient (Wildman–Crippen LogP) is 4.85. The molecule has 9 heteroatoms. The number of benzene rings is 3. The second kappa shape index (κ2) is 9.47. The Labute approximate surface area is 202 Å². The van der Waals surface area contributed by atoms with Crippen LogP contribution in [0.2, 0.25) is 0 Å². The van der Waals surface area contributed by atoms with Gasteiger partial charge < -0.3 is 4.74 Å². The van der Waals surface area contributed by atoms with E-state index in [0.29, 0.717) is 11.1 Å². The van der Waals surface area contributed by atoms with E-state index in [1.54, 1.807) is 72.8 Å². The second-order valence-electron chi connectivity index (χ2n) is 8.65. The van der Waals surface area contributed by atoms with Gasteiger partial charge in [0.05, 0.1) is 11.4 Å². The molecule has 3 aromatic carbocycles. The third-order valence-corrected chi connectivity index (χ3v) is 8.07. The summed E-state index contributed by atoms with van der Waals surface area (Å²) < 4.78 is 72.5. The monoisotopic (exact) mass is 503 g/mol. The van der Waals surface area contributed by atoms with Crippen LogP contribution in [0.25, 0.3) is 0 Å². The SMILES string of the molecule is Cc1ccc(S(=O)(=O)N2CC(OC(=O)C(F)(F)F)CC(c3ccccc3)(c3ccccc3)C2)cc1. The molecule has 0 spiro atoms. The lowest BCUT2D eigenvalue weighted by atomic mass is 9.69. The van der Waals surface area contributed by atoms with Crippen molar-refractivity contribution in [2.75, 3.05) is 13.1 Å². The number of carbonyl (C=O) groups is 1. The molecule has 0 N–H and O–H groups in total. The number of carbonyl (C=O) groups excluding carboxylic acids is 1. The van der Waals surface area contributed by atoms with Crippen LogP contribution in [0.3, 0.4) is 0 Å². The molecule has 1 saturated heterocycles. The Morgan fingerprint density at radius 1 is 0.914 bits per heavy atom. The van der Waals surface area contributed by atoms with Crippen LogP contribution in [0.4, 0.5) is 13.2 Å². The average Bonchev–Trinajstić information content (AvgIpc) is 2.84. The maximum atomic E-state index is 13.6. The normalized spacial score (nSPS) is 18.7. The zero-order valence-electron chi connectivity index (χ0n) is 18.9. The Hall–Kier alpha value is -3.17. The van der Waals surface area contributed by atoms with Gasteiger partial charge in [-0.05, 0) is 30.2 Å². The van der Waals surface area contributed by atoms with Crippen molar-refractivity contribution in [3.8, 4) is 0 Å². The summed E-state index contributed by atoms with van der Waals surface area (Å²) in [6.07, 6.45) is -6.53. The van der Waals surface area contributed by atoms with Gasteiger partial charge in [0.2, 0.25) is 10.0 Å². The molecule has 0 aliphatic carbocycles. The van der Waals surface area contributed by atoms with Crippen LogP contribution in [-0.2, 0) is 25.0 Å². The first-order valence-corrected chi connectivity index (χ1v) is 12.4. The number of halogens is 3. The van der Waals surface area contributed by atoms with E-state index in [9.17, 15) is 26.4 Å². The fraction of sp³-hybridized carbons (Fsp3) is 0.269. The molecule has 1 aliphatic heterocycles. The van der Waals surface area contributed by atoms with Gasteiger partial charge in [-0.25, -0.2) is 13.2 Å². The molecule has 35 heavy (non-hydrogen) atoms. The quantitative estimate of drug-likeness (QED) is 0.467. The number of piperidine rings is 1. The van der Waals surface area contributed by atoms with Gasteiger partial charge >= 0.3 is 12.1 Å². The van der Waals surface area contributed by atoms with Crippen molar-refractivity contribution >= 4 is 16.0 Å². The molecule has 184 valence electrons. The highest BCUT2D eigenvalue weighted by molar-refractivity contribution is 7.89. The van der Waals surface area contributed by atoms with Crippen LogP contribution < -0.4 is 0 Å². The van der Waals surface area contributed by atoms with E-state index in [-0.39, 0.29) is 24.4 Å². The Kier molecular flexibility index (Phi) is 6.75. The van der Waals surface area contributed by atoms with Gasteiger partial charge in [0.15, 0.2) is 0 Å². The van der Waals surface area contributed by atoms with Gasteiger partial charge in [-0.1, -0.05) is 78.4 Å². The standard InChI is InChI=1S/C26H24F3NO4S/c1-19-12-14-23(15-13-19)35(32,33)30-17-22(34-24(31)26(27,28)29)16-25(18-30,20-8-4-2-5-9-20)21-10-6-3-7-11-21/h2-15,22H,16-18H2,1H3. The topological polar surface area (TPSA) is 63.7 Å². The first-order valence-electron chi connectivity index (χ1n) is 11.0. The first kappa shape index (κ1) is 24.9. The summed E-state index contributed by atoms with van der Waals surface area (Å²) in [5, 5.41) is 0. The summed E-state index contributed by atoms with van der Waals surface area (Å²) in [5.41, 5.74) is 1.24. The Bertz CT molecular complexity index is 1240. The highest BCUT2D eigenvalue weighted by Gasteiger charge is 2.50. The molecule has 1 unspecified atom stereocenters. The molecule has 1 atom stereocenters. The number of aryl methyl sites for hydroxylation is 1. The van der Waals surface area contributed by atoms with Gasteiger partial charge in [-0.15, -0.1) is 0 Å². The van der Waals surface area contributed by atoms with Crippen molar-refractivity contribution in [3.05, 3.63) is 102 Å². The molecule has 0 radical (unpaired) electrons. The van der Waals surface area contributed by atoms with Gasteiger partial charge in [0, 0.05) is 18.4 Å². The molecule has 0 saturated carbocycles. The summed E-state index contributed by atoms with van der Waals surface area (Å²) in [5.74, 6) is -2.34. The van der Waals surface area contributed by atoms with E-state index in [2.05, 4.69) is 0 Å². The van der Waals surface area contributed by atoms with Crippen LogP contribution in [0.1, 0.15) is 23.1 Å². The molecule has 0 amide bonds. The zero-order chi connectivity index (χ0) is 25.3. The van der Waals surface area contributed by atoms with Crippen LogP contribution >= 0.6 is 0 Å². The molecular weight excluding hydrogens is 479 g/mol. The highest BCUT2D eigenvalue weighted by Crippen LogP contribution is 2.43. The molecule has 1 heterocycles. The Morgan fingerprint density at radius 3 is 1.91 bits per heavy atom. The van der Waals surface area contributed by atoms with Crippen molar-refractivity contribution in [1.82, 2.24) is 4.31 Å². The van der Waals surface area contributed by atoms with E-state index in [0.717, 1.165) is 9.87 Å². The molecular formula is C26H24F3NO4S. The molecule has 5 nitrogen and oxygen atoms in total. The fourth-order valence-corrected chi connectivity index (χ4v) is 6.08. The van der Waals surface area contributed by atoms with E-state index < -0.39 is 33.7 Å². The number of esters is 1. The molecule has 1 fully saturated rings. The zero-order valence-corrected chi connectivity index (χ0v) is 19.7. The third kappa shape index (κ3) is 5.11. The summed E-state index contributed by atoms with van der Waals surface area (Å²) in [6.45, 7) is 1.40. The lowest BCUT2D eigenvalue weighted by Crippen LogP contribution is -2.55. The number of alkyl halides is 3. The van der Waals surface area contributed by atoms with Crippen molar-refractivity contribution in [2.24, 2.45) is 0 Å². The minimum Gasteiger partial charge on any atom is -0.454 e. The van der Waals surface area contributed by atoms with E-state index in [1.165, 1.54) is 12.1 Å². The molecule has 1 aliphatic rings. The average molecular weight is 504 g/mol. The molecule has 0 aromatic heterocycles. The van der Waals surface area contributed by atoms with Crippen LogP contribution in [0, 0.1) is 6.92 Å². The highest BCUT2D eigenvalue weighted by atomic mass is 32.2. The minimum absolute atomic E-state index is 0.0111. The van der Waals surface area contributed by atoms with Crippen LogP contribution in [0.15, 0.2) is 89.8 Å². The van der Waals surface area contributed by atoms with Gasteiger partial charge in [-0.2, -0.15) is 17.5 Å². The Morgan fingerprint density at radius 2 is 1.43 bits per heavy atom. The number of ether oxygens (including phenoxy) is 1. The molecule has 4 rings (SSSR count). The maximum absolute atomic E-state index is 13.6. The first-order chi connectivity index (χ1) is 16.5. The van der Waals surface area contributed by atoms with Crippen LogP contribution in [0.5, 0.6) is 0 Å². The third-order valence-electron chi connectivity index (χ3n) is 6.25. The number of sulfonamides is 1. The Balaban J connectivity index is 1.85. The molecule has 0 bridgehead atoms. The van der Waals surface area contributed by atoms with Gasteiger partial charge in [0.1, 0.15) is 6.10 Å². The minimum atomic E-state index is -5.19. The van der Waals surface area contributed by atoms with E-state index in [4.69, 9.17) is 4.74 Å². The van der Waals surface area contributed by atoms with Crippen molar-refractivity contribution in [3.63, 3.8) is 0 Å². The van der Waals surface area contributed by atoms with Gasteiger partial charge in [-0.3, -0.25) is 0 Å². The van der Waals surface area contributed by atoms with Gasteiger partial charge in [0.25, 0.3) is 0 Å². The lowest BCUT2D eigenvalue weighted by molar-refractivity contribution is -0.206. The largest absolute Gasteiger partial charge is 0.490 e. The fourth-order valence-electron chi connectivity index (χ4n) is 4.55. The summed E-state index contributed by atoms with van der Waals surface area (Å²) >= 11 is 0. The summed E-state index contributed by atoms with van der Waals surface area (Å²) in [4.78, 5) is 11.8.